The molecule has 6 nitrogen and oxygen atoms in total. The van der Waals surface area contributed by atoms with Gasteiger partial charge in [-0.15, -0.1) is 0 Å². The van der Waals surface area contributed by atoms with Crippen molar-refractivity contribution in [2.24, 2.45) is 5.10 Å². The Bertz CT molecular complexity index is 1140. The van der Waals surface area contributed by atoms with Gasteiger partial charge in [-0.2, -0.15) is 9.78 Å². The fourth-order valence-corrected chi connectivity index (χ4v) is 3.22. The number of fused-ring (bicyclic) bond motifs is 1. The second kappa shape index (κ2) is 9.05. The summed E-state index contributed by atoms with van der Waals surface area (Å²) < 4.78 is 13.3. The highest BCUT2D eigenvalue weighted by Crippen LogP contribution is 2.30. The first-order valence-electron chi connectivity index (χ1n) is 9.13. The van der Waals surface area contributed by atoms with Crippen LogP contribution >= 0.6 is 15.9 Å². The molecule has 29 heavy (non-hydrogen) atoms. The first-order chi connectivity index (χ1) is 14.0. The van der Waals surface area contributed by atoms with Crippen LogP contribution in [0.2, 0.25) is 0 Å². The Morgan fingerprint density at radius 1 is 1.31 bits per heavy atom. The van der Waals surface area contributed by atoms with Crippen LogP contribution < -0.4 is 15.0 Å². The molecule has 1 aromatic heterocycles. The highest BCUT2D eigenvalue weighted by atomic mass is 79.9. The van der Waals surface area contributed by atoms with Crippen LogP contribution in [0.4, 0.5) is 0 Å². The lowest BCUT2D eigenvalue weighted by molar-refractivity contribution is 0.326. The van der Waals surface area contributed by atoms with Crippen LogP contribution in [0.15, 0.2) is 63.4 Å². The van der Waals surface area contributed by atoms with Crippen molar-refractivity contribution < 1.29 is 9.47 Å². The number of benzene rings is 2. The van der Waals surface area contributed by atoms with Gasteiger partial charge in [0.25, 0.3) is 5.56 Å². The molecule has 0 fully saturated rings. The summed E-state index contributed by atoms with van der Waals surface area (Å²) in [7, 11) is 1.57. The lowest BCUT2D eigenvalue weighted by atomic mass is 10.2. The molecule has 150 valence electrons. The van der Waals surface area contributed by atoms with E-state index in [4.69, 9.17) is 9.47 Å². The molecule has 0 aliphatic heterocycles. The van der Waals surface area contributed by atoms with Gasteiger partial charge in [-0.1, -0.05) is 48.5 Å². The van der Waals surface area contributed by atoms with Crippen LogP contribution in [-0.4, -0.2) is 29.6 Å². The molecule has 3 aromatic rings. The van der Waals surface area contributed by atoms with E-state index in [2.05, 4.69) is 32.6 Å². The third kappa shape index (κ3) is 4.40. The van der Waals surface area contributed by atoms with Crippen molar-refractivity contribution in [3.05, 3.63) is 75.3 Å². The Labute approximate surface area is 177 Å². The van der Waals surface area contributed by atoms with Crippen LogP contribution in [0.1, 0.15) is 31.2 Å². The van der Waals surface area contributed by atoms with Crippen LogP contribution in [0.25, 0.3) is 10.9 Å². The van der Waals surface area contributed by atoms with Crippen molar-refractivity contribution in [1.29, 1.82) is 0 Å². The van der Waals surface area contributed by atoms with Crippen molar-refractivity contribution in [1.82, 2.24) is 9.66 Å². The molecular weight excluding hydrogens is 434 g/mol. The number of rotatable bonds is 7. The van der Waals surface area contributed by atoms with Crippen LogP contribution in [0.3, 0.4) is 0 Å². The molecule has 0 aliphatic carbocycles. The van der Waals surface area contributed by atoms with Crippen LogP contribution in [0, 0.1) is 0 Å². The van der Waals surface area contributed by atoms with E-state index in [0.29, 0.717) is 40.4 Å². The summed E-state index contributed by atoms with van der Waals surface area (Å²) in [4.78, 5) is 17.8. The number of methoxy groups -OCH3 is 1. The third-order valence-corrected chi connectivity index (χ3v) is 4.73. The lowest BCUT2D eigenvalue weighted by Crippen LogP contribution is -2.23. The predicted molar refractivity (Wildman–Crippen MR) is 119 cm³/mol. The van der Waals surface area contributed by atoms with Gasteiger partial charge >= 0.3 is 0 Å². The number of para-hydroxylation sites is 1. The van der Waals surface area contributed by atoms with Crippen molar-refractivity contribution >= 4 is 33.0 Å². The molecule has 0 spiro atoms. The molecule has 0 N–H and O–H groups in total. The van der Waals surface area contributed by atoms with Gasteiger partial charge < -0.3 is 9.47 Å². The predicted octanol–water partition coefficient (Wildman–Crippen LogP) is 4.74. The summed E-state index contributed by atoms with van der Waals surface area (Å²) in [5, 5.41) is 4.96. The molecule has 0 aliphatic rings. The van der Waals surface area contributed by atoms with Gasteiger partial charge in [0.15, 0.2) is 11.5 Å². The zero-order valence-electron chi connectivity index (χ0n) is 16.6. The maximum Gasteiger partial charge on any atom is 0.282 e. The van der Waals surface area contributed by atoms with E-state index in [-0.39, 0.29) is 11.5 Å². The number of nitrogens with zero attached hydrogens (tertiary/aromatic N) is 3. The quantitative estimate of drug-likeness (QED) is 0.381. The Kier molecular flexibility index (Phi) is 6.49. The SMILES string of the molecule is C=CCOc1c(C=Nn2c(C(C)C)nc3ccc(Br)cc3c2=O)cccc1OC. The molecule has 7 heteroatoms. The molecule has 2 aromatic carbocycles. The number of hydrogen-bond donors (Lipinski definition) is 0. The van der Waals surface area contributed by atoms with Gasteiger partial charge in [-0.25, -0.2) is 4.98 Å². The van der Waals surface area contributed by atoms with E-state index < -0.39 is 0 Å². The minimum atomic E-state index is -0.229. The van der Waals surface area contributed by atoms with E-state index in [1.54, 1.807) is 31.5 Å². The van der Waals surface area contributed by atoms with E-state index in [1.165, 1.54) is 4.68 Å². The molecule has 0 saturated heterocycles. The Balaban J connectivity index is 2.16. The van der Waals surface area contributed by atoms with Crippen molar-refractivity contribution in [3.63, 3.8) is 0 Å². The minimum Gasteiger partial charge on any atom is -0.493 e. The second-order valence-electron chi connectivity index (χ2n) is 6.63. The Morgan fingerprint density at radius 3 is 2.79 bits per heavy atom. The highest BCUT2D eigenvalue weighted by Gasteiger charge is 2.14. The summed E-state index contributed by atoms with van der Waals surface area (Å²) in [5.41, 5.74) is 1.10. The monoisotopic (exact) mass is 455 g/mol. The summed E-state index contributed by atoms with van der Waals surface area (Å²) in [6, 6.07) is 10.9. The van der Waals surface area contributed by atoms with Gasteiger partial charge in [0.2, 0.25) is 0 Å². The van der Waals surface area contributed by atoms with Crippen LogP contribution in [0.5, 0.6) is 11.5 Å². The smallest absolute Gasteiger partial charge is 0.282 e. The van der Waals surface area contributed by atoms with Gasteiger partial charge in [0, 0.05) is 16.0 Å². The summed E-state index contributed by atoms with van der Waals surface area (Å²) >= 11 is 3.41. The number of aromatic nitrogens is 2. The molecule has 0 amide bonds. The summed E-state index contributed by atoms with van der Waals surface area (Å²) in [5.74, 6) is 1.70. The molecule has 0 saturated carbocycles. The van der Waals surface area contributed by atoms with E-state index in [1.807, 2.05) is 38.1 Å². The first kappa shape index (κ1) is 20.8. The highest BCUT2D eigenvalue weighted by molar-refractivity contribution is 9.10. The number of halogens is 1. The van der Waals surface area contributed by atoms with Crippen molar-refractivity contribution in [3.8, 4) is 11.5 Å². The summed E-state index contributed by atoms with van der Waals surface area (Å²) in [6.45, 7) is 7.95. The zero-order chi connectivity index (χ0) is 21.0. The van der Waals surface area contributed by atoms with E-state index in [9.17, 15) is 4.79 Å². The van der Waals surface area contributed by atoms with Gasteiger partial charge in [-0.3, -0.25) is 4.79 Å². The molecule has 0 bridgehead atoms. The fraction of sp³-hybridized carbons (Fsp3) is 0.227. The second-order valence-corrected chi connectivity index (χ2v) is 7.54. The average molecular weight is 456 g/mol. The van der Waals surface area contributed by atoms with Crippen molar-refractivity contribution in [2.75, 3.05) is 13.7 Å². The Morgan fingerprint density at radius 2 is 2.10 bits per heavy atom. The molecular formula is C22H22BrN3O3. The topological polar surface area (TPSA) is 65.7 Å². The van der Waals surface area contributed by atoms with E-state index >= 15 is 0 Å². The number of hydrogen-bond acceptors (Lipinski definition) is 5. The molecule has 3 rings (SSSR count). The lowest BCUT2D eigenvalue weighted by Gasteiger charge is -2.13. The maximum absolute atomic E-state index is 13.1. The first-order valence-corrected chi connectivity index (χ1v) is 9.92. The van der Waals surface area contributed by atoms with Crippen LogP contribution in [-0.2, 0) is 0 Å². The molecule has 0 atom stereocenters. The Hall–Kier alpha value is -2.93. The standard InChI is InChI=1S/C22H22BrN3O3/c1-5-11-29-20-15(7-6-8-19(20)28-4)13-24-26-21(14(2)3)25-18-10-9-16(23)12-17(18)22(26)27/h5-10,12-14H,1,11H2,2-4H3. The molecule has 0 radical (unpaired) electrons. The fourth-order valence-electron chi connectivity index (χ4n) is 2.86. The van der Waals surface area contributed by atoms with E-state index in [0.717, 1.165) is 4.47 Å². The van der Waals surface area contributed by atoms with Gasteiger partial charge in [-0.05, 0) is 30.3 Å². The maximum atomic E-state index is 13.1. The van der Waals surface area contributed by atoms with Gasteiger partial charge in [0.05, 0.1) is 24.2 Å². The molecule has 0 unspecified atom stereocenters. The minimum absolute atomic E-state index is 0.00897. The zero-order valence-corrected chi connectivity index (χ0v) is 18.1. The normalized spacial score (nSPS) is 11.3. The average Bonchev–Trinajstić information content (AvgIpc) is 2.71. The van der Waals surface area contributed by atoms with Crippen molar-refractivity contribution in [2.45, 2.75) is 19.8 Å². The summed E-state index contributed by atoms with van der Waals surface area (Å²) in [6.07, 6.45) is 3.24. The number of ether oxygens (including phenoxy) is 2. The van der Waals surface area contributed by atoms with Gasteiger partial charge in [0.1, 0.15) is 12.4 Å². The molecule has 1 heterocycles. The third-order valence-electron chi connectivity index (χ3n) is 4.24. The largest absolute Gasteiger partial charge is 0.493 e.